The molecular weight excluding hydrogens is 439 g/mol. The Morgan fingerprint density at radius 1 is 0.652 bits per heavy atom. The monoisotopic (exact) mass is 470 g/mol. The summed E-state index contributed by atoms with van der Waals surface area (Å²) in [6, 6.07) is 0. The molecule has 0 aromatic carbocycles. The topological polar surface area (TPSA) is 34.1 Å². The van der Waals surface area contributed by atoms with Crippen LogP contribution in [0.1, 0.15) is 67.2 Å². The quantitative estimate of drug-likeness (QED) is 0.256. The fourth-order valence-electron chi connectivity index (χ4n) is 1.58. The first-order valence-corrected chi connectivity index (χ1v) is 7.82. The van der Waals surface area contributed by atoms with Crippen molar-refractivity contribution < 1.29 is 46.9 Å². The predicted octanol–water partition coefficient (Wildman–Crippen LogP) is 5.76. The minimum absolute atomic E-state index is 0. The molecule has 23 heavy (non-hydrogen) atoms. The summed E-state index contributed by atoms with van der Waals surface area (Å²) < 4.78 is 0. The Hall–Kier alpha value is -0.453. The maximum absolute atomic E-state index is 10.0. The zero-order valence-electron chi connectivity index (χ0n) is 15.4. The Kier molecular flexibility index (Phi) is 23.3. The molecule has 0 unspecified atom stereocenters. The molecule has 0 aliphatic heterocycles. The van der Waals surface area contributed by atoms with Crippen LogP contribution in [0, 0.1) is 37.3 Å². The van der Waals surface area contributed by atoms with Crippen LogP contribution >= 0.6 is 0 Å². The van der Waals surface area contributed by atoms with Gasteiger partial charge in [0, 0.05) is 37.3 Å². The van der Waals surface area contributed by atoms with Crippen LogP contribution < -0.4 is 0 Å². The SMILES string of the molecule is CC(C)=CCC/C(C)=C\C=O.CC(C)=CCC/C(C)=C\C=O.[Er]. The first-order chi connectivity index (χ1) is 10.3. The van der Waals surface area contributed by atoms with Gasteiger partial charge in [-0.3, -0.25) is 9.59 Å². The van der Waals surface area contributed by atoms with Gasteiger partial charge in [0.1, 0.15) is 12.6 Å². The van der Waals surface area contributed by atoms with E-state index in [4.69, 9.17) is 0 Å². The van der Waals surface area contributed by atoms with Crippen molar-refractivity contribution in [3.8, 4) is 0 Å². The van der Waals surface area contributed by atoms with Crippen molar-refractivity contribution in [2.75, 3.05) is 0 Å². The number of aldehydes is 2. The molecule has 0 fully saturated rings. The Morgan fingerprint density at radius 2 is 0.957 bits per heavy atom. The normalized spacial score (nSPS) is 10.5. The molecule has 0 bridgehead atoms. The second kappa shape index (κ2) is 19.6. The average Bonchev–Trinajstić information content (AvgIpc) is 2.39. The largest absolute Gasteiger partial charge is 0.299 e. The van der Waals surface area contributed by atoms with Gasteiger partial charge in [0.05, 0.1) is 0 Å². The van der Waals surface area contributed by atoms with E-state index in [1.165, 1.54) is 11.1 Å². The Bertz CT molecular complexity index is 391. The summed E-state index contributed by atoms with van der Waals surface area (Å²) in [5.41, 5.74) is 4.97. The van der Waals surface area contributed by atoms with Crippen molar-refractivity contribution in [1.82, 2.24) is 0 Å². The molecule has 0 heterocycles. The van der Waals surface area contributed by atoms with Crippen LogP contribution in [0.5, 0.6) is 0 Å². The summed E-state index contributed by atoms with van der Waals surface area (Å²) in [6.45, 7) is 12.3. The van der Waals surface area contributed by atoms with E-state index in [1.54, 1.807) is 12.2 Å². The first kappa shape index (κ1) is 27.4. The Balaban J connectivity index is -0.000000333. The Labute approximate surface area is 172 Å². The van der Waals surface area contributed by atoms with Gasteiger partial charge in [0.15, 0.2) is 0 Å². The summed E-state index contributed by atoms with van der Waals surface area (Å²) in [7, 11) is 0. The zero-order valence-corrected chi connectivity index (χ0v) is 17.2. The number of hydrogen-bond donors (Lipinski definition) is 0. The third kappa shape index (κ3) is 26.7. The Morgan fingerprint density at radius 3 is 1.17 bits per heavy atom. The van der Waals surface area contributed by atoms with Gasteiger partial charge in [0.25, 0.3) is 0 Å². The van der Waals surface area contributed by atoms with E-state index < -0.39 is 0 Å². The van der Waals surface area contributed by atoms with Gasteiger partial charge >= 0.3 is 0 Å². The molecule has 0 aliphatic rings. The van der Waals surface area contributed by atoms with Gasteiger partial charge < -0.3 is 0 Å². The van der Waals surface area contributed by atoms with Gasteiger partial charge in [-0.05, 0) is 79.4 Å². The van der Waals surface area contributed by atoms with Crippen molar-refractivity contribution in [1.29, 1.82) is 0 Å². The summed E-state index contributed by atoms with van der Waals surface area (Å²) in [5, 5.41) is 0. The minimum atomic E-state index is 0. The number of hydrogen-bond acceptors (Lipinski definition) is 2. The third-order valence-electron chi connectivity index (χ3n) is 2.89. The third-order valence-corrected chi connectivity index (χ3v) is 2.89. The van der Waals surface area contributed by atoms with Crippen LogP contribution in [0.2, 0.25) is 0 Å². The molecule has 0 N–H and O–H groups in total. The molecule has 0 rings (SSSR count). The second-order valence-electron chi connectivity index (χ2n) is 5.94. The fourth-order valence-corrected chi connectivity index (χ4v) is 1.58. The number of allylic oxidation sites excluding steroid dienone is 8. The molecule has 2 nitrogen and oxygen atoms in total. The molecule has 0 aromatic heterocycles. The molecule has 3 heteroatoms. The van der Waals surface area contributed by atoms with Gasteiger partial charge in [-0.15, -0.1) is 0 Å². The second-order valence-corrected chi connectivity index (χ2v) is 5.94. The van der Waals surface area contributed by atoms with Crippen molar-refractivity contribution >= 4 is 12.6 Å². The van der Waals surface area contributed by atoms with Gasteiger partial charge in [-0.1, -0.05) is 34.4 Å². The standard InChI is InChI=1S/2C10H16O.Er/c2*1-9(2)5-4-6-10(3)7-8-11;/h2*5,7-8H,4,6H2,1-3H3;/b2*10-7-;. The van der Waals surface area contributed by atoms with E-state index >= 15 is 0 Å². The van der Waals surface area contributed by atoms with Crippen molar-refractivity contribution in [3.05, 3.63) is 46.6 Å². The van der Waals surface area contributed by atoms with E-state index in [0.717, 1.165) is 49.4 Å². The van der Waals surface area contributed by atoms with Gasteiger partial charge in [-0.25, -0.2) is 0 Å². The molecule has 0 aliphatic carbocycles. The smallest absolute Gasteiger partial charge is 0.142 e. The molecule has 0 radical (unpaired) electrons. The van der Waals surface area contributed by atoms with E-state index in [9.17, 15) is 9.59 Å². The number of carbonyl (C=O) groups excluding carboxylic acids is 2. The summed E-state index contributed by atoms with van der Waals surface area (Å²) in [6.07, 6.45) is 13.4. The average molecular weight is 472 g/mol. The van der Waals surface area contributed by atoms with E-state index in [0.29, 0.717) is 0 Å². The molecule has 0 saturated carbocycles. The van der Waals surface area contributed by atoms with Crippen LogP contribution in [0.3, 0.4) is 0 Å². The molecular formula is C20H32ErO2. The molecule has 0 spiro atoms. The summed E-state index contributed by atoms with van der Waals surface area (Å²) >= 11 is 0. The van der Waals surface area contributed by atoms with Crippen LogP contribution in [0.25, 0.3) is 0 Å². The van der Waals surface area contributed by atoms with Crippen LogP contribution in [0.4, 0.5) is 0 Å². The summed E-state index contributed by atoms with van der Waals surface area (Å²) in [5.74, 6) is 0. The number of carbonyl (C=O) groups is 2. The number of rotatable bonds is 8. The maximum atomic E-state index is 10.0. The molecule has 0 atom stereocenters. The minimum Gasteiger partial charge on any atom is -0.299 e. The maximum Gasteiger partial charge on any atom is 0.142 e. The molecule has 136 valence electrons. The summed E-state index contributed by atoms with van der Waals surface area (Å²) in [4.78, 5) is 20.0. The van der Waals surface area contributed by atoms with Crippen LogP contribution in [0.15, 0.2) is 46.6 Å². The van der Waals surface area contributed by atoms with Crippen LogP contribution in [-0.4, -0.2) is 12.6 Å². The van der Waals surface area contributed by atoms with Crippen molar-refractivity contribution in [2.24, 2.45) is 0 Å². The molecule has 0 saturated heterocycles. The molecule has 0 amide bonds. The predicted molar refractivity (Wildman–Crippen MR) is 97.0 cm³/mol. The van der Waals surface area contributed by atoms with Crippen molar-refractivity contribution in [3.63, 3.8) is 0 Å². The fraction of sp³-hybridized carbons (Fsp3) is 0.500. The van der Waals surface area contributed by atoms with Gasteiger partial charge in [0.2, 0.25) is 0 Å². The van der Waals surface area contributed by atoms with E-state index in [-0.39, 0.29) is 37.3 Å². The first-order valence-electron chi connectivity index (χ1n) is 7.82. The van der Waals surface area contributed by atoms with Crippen LogP contribution in [-0.2, 0) is 9.59 Å². The van der Waals surface area contributed by atoms with Crippen molar-refractivity contribution in [2.45, 2.75) is 67.2 Å². The van der Waals surface area contributed by atoms with E-state index in [1.807, 2.05) is 13.8 Å². The van der Waals surface area contributed by atoms with E-state index in [2.05, 4.69) is 39.8 Å². The van der Waals surface area contributed by atoms with Gasteiger partial charge in [-0.2, -0.15) is 0 Å². The molecule has 0 aromatic rings. The zero-order chi connectivity index (χ0) is 17.4.